The van der Waals surface area contributed by atoms with Gasteiger partial charge in [-0.1, -0.05) is 12.1 Å². The predicted molar refractivity (Wildman–Crippen MR) is 103 cm³/mol. The monoisotopic (exact) mass is 390 g/mol. The Balaban J connectivity index is 1.57. The van der Waals surface area contributed by atoms with Crippen molar-refractivity contribution in [3.63, 3.8) is 0 Å². The lowest BCUT2D eigenvalue weighted by Crippen LogP contribution is -2.35. The molecule has 144 valence electrons. The molecule has 6 nitrogen and oxygen atoms in total. The summed E-state index contributed by atoms with van der Waals surface area (Å²) in [7, 11) is 3.78. The van der Waals surface area contributed by atoms with E-state index in [2.05, 4.69) is 10.3 Å². The first kappa shape index (κ1) is 19.4. The summed E-state index contributed by atoms with van der Waals surface area (Å²) in [6, 6.07) is 6.27. The van der Waals surface area contributed by atoms with Crippen LogP contribution in [0.2, 0.25) is 0 Å². The van der Waals surface area contributed by atoms with Gasteiger partial charge in [-0.3, -0.25) is 14.5 Å². The Labute approximate surface area is 162 Å². The number of halogens is 1. The fraction of sp³-hybridized carbons (Fsp3) is 0.421. The molecule has 1 unspecified atom stereocenters. The van der Waals surface area contributed by atoms with Gasteiger partial charge in [-0.25, -0.2) is 9.37 Å². The zero-order valence-corrected chi connectivity index (χ0v) is 16.3. The highest BCUT2D eigenvalue weighted by atomic mass is 32.1. The van der Waals surface area contributed by atoms with E-state index in [1.165, 1.54) is 23.5 Å². The van der Waals surface area contributed by atoms with Gasteiger partial charge >= 0.3 is 0 Å². The SMILES string of the molecule is CN(C)C(CNC(=O)Cc1csc(N2CCCC2=O)n1)c1cccc(F)c1. The average Bonchev–Trinajstić information content (AvgIpc) is 3.23. The van der Waals surface area contributed by atoms with Crippen LogP contribution in [-0.2, 0) is 16.0 Å². The number of amides is 2. The molecule has 1 N–H and O–H groups in total. The smallest absolute Gasteiger partial charge is 0.228 e. The van der Waals surface area contributed by atoms with Gasteiger partial charge in [0.1, 0.15) is 5.82 Å². The van der Waals surface area contributed by atoms with E-state index in [4.69, 9.17) is 0 Å². The summed E-state index contributed by atoms with van der Waals surface area (Å²) < 4.78 is 13.5. The van der Waals surface area contributed by atoms with E-state index in [1.807, 2.05) is 30.4 Å². The predicted octanol–water partition coefficient (Wildman–Crippen LogP) is 2.37. The molecule has 1 fully saturated rings. The van der Waals surface area contributed by atoms with Crippen LogP contribution < -0.4 is 10.2 Å². The average molecular weight is 390 g/mol. The van der Waals surface area contributed by atoms with E-state index < -0.39 is 0 Å². The summed E-state index contributed by atoms with van der Waals surface area (Å²) >= 11 is 1.38. The van der Waals surface area contributed by atoms with Crippen molar-refractivity contribution in [1.29, 1.82) is 0 Å². The largest absolute Gasteiger partial charge is 0.354 e. The Bertz CT molecular complexity index is 824. The minimum absolute atomic E-state index is 0.0873. The highest BCUT2D eigenvalue weighted by Crippen LogP contribution is 2.25. The lowest BCUT2D eigenvalue weighted by molar-refractivity contribution is -0.120. The van der Waals surface area contributed by atoms with Gasteiger partial charge in [0.05, 0.1) is 18.2 Å². The molecule has 1 aliphatic heterocycles. The number of carbonyl (C=O) groups excluding carboxylic acids is 2. The Morgan fingerprint density at radius 1 is 1.44 bits per heavy atom. The van der Waals surface area contributed by atoms with Crippen molar-refractivity contribution >= 4 is 28.3 Å². The molecule has 1 aromatic heterocycles. The molecule has 8 heteroatoms. The van der Waals surface area contributed by atoms with Gasteiger partial charge in [-0.2, -0.15) is 0 Å². The summed E-state index contributed by atoms with van der Waals surface area (Å²) in [6.45, 7) is 1.06. The van der Waals surface area contributed by atoms with Gasteiger partial charge in [0.2, 0.25) is 11.8 Å². The van der Waals surface area contributed by atoms with Crippen molar-refractivity contribution in [2.75, 3.05) is 32.1 Å². The van der Waals surface area contributed by atoms with Gasteiger partial charge in [-0.05, 0) is 38.2 Å². The van der Waals surface area contributed by atoms with E-state index in [0.717, 1.165) is 12.0 Å². The fourth-order valence-corrected chi connectivity index (χ4v) is 3.97. The van der Waals surface area contributed by atoms with E-state index in [-0.39, 0.29) is 30.1 Å². The summed E-state index contributed by atoms with van der Waals surface area (Å²) in [6.07, 6.45) is 1.56. The van der Waals surface area contributed by atoms with Gasteiger partial charge < -0.3 is 10.2 Å². The zero-order chi connectivity index (χ0) is 19.4. The number of likely N-dealkylation sites (N-methyl/N-ethyl adjacent to an activating group) is 1. The summed E-state index contributed by atoms with van der Waals surface area (Å²) in [5.74, 6) is -0.357. The molecular weight excluding hydrogens is 367 g/mol. The minimum atomic E-state index is -0.294. The van der Waals surface area contributed by atoms with Crippen LogP contribution in [-0.4, -0.2) is 48.9 Å². The van der Waals surface area contributed by atoms with E-state index in [9.17, 15) is 14.0 Å². The lowest BCUT2D eigenvalue weighted by Gasteiger charge is -2.25. The molecule has 0 bridgehead atoms. The van der Waals surface area contributed by atoms with E-state index in [0.29, 0.717) is 30.3 Å². The number of hydrogen-bond acceptors (Lipinski definition) is 5. The van der Waals surface area contributed by atoms with Crippen molar-refractivity contribution in [2.45, 2.75) is 25.3 Å². The number of thiazole rings is 1. The number of anilines is 1. The van der Waals surface area contributed by atoms with Crippen LogP contribution in [0.3, 0.4) is 0 Å². The quantitative estimate of drug-likeness (QED) is 0.788. The first-order valence-corrected chi connectivity index (χ1v) is 9.75. The zero-order valence-electron chi connectivity index (χ0n) is 15.4. The molecule has 27 heavy (non-hydrogen) atoms. The molecule has 0 aliphatic carbocycles. The molecule has 2 aromatic rings. The van der Waals surface area contributed by atoms with Crippen LogP contribution in [0.15, 0.2) is 29.6 Å². The number of aromatic nitrogens is 1. The Hall–Kier alpha value is -2.32. The molecule has 0 saturated carbocycles. The maximum absolute atomic E-state index is 13.5. The second-order valence-corrected chi connectivity index (χ2v) is 7.62. The lowest BCUT2D eigenvalue weighted by atomic mass is 10.1. The summed E-state index contributed by atoms with van der Waals surface area (Å²) in [5, 5.41) is 5.37. The number of nitrogens with zero attached hydrogens (tertiary/aromatic N) is 3. The van der Waals surface area contributed by atoms with E-state index in [1.54, 1.807) is 11.0 Å². The van der Waals surface area contributed by atoms with Crippen LogP contribution in [0.25, 0.3) is 0 Å². The van der Waals surface area contributed by atoms with Gasteiger partial charge in [0, 0.05) is 24.9 Å². The number of hydrogen-bond donors (Lipinski definition) is 1. The van der Waals surface area contributed by atoms with Crippen LogP contribution >= 0.6 is 11.3 Å². The standard InChI is InChI=1S/C19H23FN4O2S/c1-23(2)16(13-5-3-6-14(20)9-13)11-21-17(25)10-15-12-27-19(22-15)24-8-4-7-18(24)26/h3,5-6,9,12,16H,4,7-8,10-11H2,1-2H3,(H,21,25). The first-order valence-electron chi connectivity index (χ1n) is 8.87. The molecular formula is C19H23FN4O2S. The van der Waals surface area contributed by atoms with Crippen LogP contribution in [0.4, 0.5) is 9.52 Å². The molecule has 2 heterocycles. The highest BCUT2D eigenvalue weighted by Gasteiger charge is 2.24. The molecule has 0 radical (unpaired) electrons. The van der Waals surface area contributed by atoms with Gasteiger partial charge in [0.25, 0.3) is 0 Å². The molecule has 1 saturated heterocycles. The number of rotatable bonds is 7. The number of carbonyl (C=O) groups is 2. The van der Waals surface area contributed by atoms with Crippen LogP contribution in [0, 0.1) is 5.82 Å². The third-order valence-electron chi connectivity index (χ3n) is 4.53. The molecule has 1 atom stereocenters. The maximum atomic E-state index is 13.5. The highest BCUT2D eigenvalue weighted by molar-refractivity contribution is 7.14. The van der Waals surface area contributed by atoms with Crippen molar-refractivity contribution in [3.05, 3.63) is 46.7 Å². The molecule has 1 aliphatic rings. The van der Waals surface area contributed by atoms with Crippen LogP contribution in [0.1, 0.15) is 30.1 Å². The first-order chi connectivity index (χ1) is 12.9. The topological polar surface area (TPSA) is 65.5 Å². The Kier molecular flexibility index (Phi) is 6.18. The number of benzene rings is 1. The maximum Gasteiger partial charge on any atom is 0.228 e. The molecule has 3 rings (SSSR count). The fourth-order valence-electron chi connectivity index (χ4n) is 3.10. The van der Waals surface area contributed by atoms with Crippen molar-refractivity contribution < 1.29 is 14.0 Å². The number of nitrogens with one attached hydrogen (secondary N) is 1. The van der Waals surface area contributed by atoms with E-state index >= 15 is 0 Å². The molecule has 2 amide bonds. The molecule has 1 aromatic carbocycles. The second-order valence-electron chi connectivity index (χ2n) is 6.79. The Morgan fingerprint density at radius 3 is 2.93 bits per heavy atom. The third-order valence-corrected chi connectivity index (χ3v) is 5.45. The van der Waals surface area contributed by atoms with Crippen molar-refractivity contribution in [2.24, 2.45) is 0 Å². The normalized spacial score (nSPS) is 15.4. The van der Waals surface area contributed by atoms with Gasteiger partial charge in [-0.15, -0.1) is 11.3 Å². The molecule has 0 spiro atoms. The minimum Gasteiger partial charge on any atom is -0.354 e. The van der Waals surface area contributed by atoms with Gasteiger partial charge in [0.15, 0.2) is 5.13 Å². The van der Waals surface area contributed by atoms with Crippen molar-refractivity contribution in [1.82, 2.24) is 15.2 Å². The van der Waals surface area contributed by atoms with Crippen molar-refractivity contribution in [3.8, 4) is 0 Å². The second kappa shape index (κ2) is 8.58. The summed E-state index contributed by atoms with van der Waals surface area (Å²) in [5.41, 5.74) is 1.46. The third kappa shape index (κ3) is 4.90. The van der Waals surface area contributed by atoms with Crippen LogP contribution in [0.5, 0.6) is 0 Å². The Morgan fingerprint density at radius 2 is 2.26 bits per heavy atom. The summed E-state index contributed by atoms with van der Waals surface area (Å²) in [4.78, 5) is 32.1.